The lowest BCUT2D eigenvalue weighted by Crippen LogP contribution is -2.07. The molecule has 0 amide bonds. The molecule has 0 aliphatic heterocycles. The van der Waals surface area contributed by atoms with Gasteiger partial charge in [-0.15, -0.1) is 0 Å². The monoisotopic (exact) mass is 442 g/mol. The van der Waals surface area contributed by atoms with Gasteiger partial charge in [0.2, 0.25) is 0 Å². The molecule has 0 aliphatic carbocycles. The van der Waals surface area contributed by atoms with Crippen molar-refractivity contribution in [1.82, 2.24) is 19.9 Å². The molecule has 0 spiro atoms. The van der Waals surface area contributed by atoms with E-state index in [0.717, 1.165) is 16.7 Å². The van der Waals surface area contributed by atoms with Crippen molar-refractivity contribution >= 4 is 19.6 Å². The number of aryl methyl sites for hydroxylation is 2. The highest BCUT2D eigenvalue weighted by molar-refractivity contribution is 7.51. The Morgan fingerprint density at radius 1 is 1.16 bits per heavy atom. The fourth-order valence-electron chi connectivity index (χ4n) is 2.78. The van der Waals surface area contributed by atoms with E-state index < -0.39 is 7.75 Å². The Bertz CT molecular complexity index is 1090. The zero-order valence-electron chi connectivity index (χ0n) is 18.3. The quantitative estimate of drug-likeness (QED) is 0.431. The molecule has 1 aromatic carbocycles. The van der Waals surface area contributed by atoms with E-state index in [0.29, 0.717) is 16.8 Å². The van der Waals surface area contributed by atoms with E-state index in [-0.39, 0.29) is 5.78 Å². The van der Waals surface area contributed by atoms with E-state index in [1.165, 1.54) is 21.3 Å². The number of benzene rings is 1. The van der Waals surface area contributed by atoms with Crippen molar-refractivity contribution in [2.75, 3.05) is 21.3 Å². The molecule has 0 unspecified atom stereocenters. The topological polar surface area (TPSA) is 95.3 Å². The third kappa shape index (κ3) is 6.06. The Kier molecular flexibility index (Phi) is 8.59. The average Bonchev–Trinajstić information content (AvgIpc) is 3.24. The van der Waals surface area contributed by atoms with Gasteiger partial charge < -0.3 is 9.05 Å². The van der Waals surface area contributed by atoms with Crippen LogP contribution in [0, 0.1) is 6.92 Å². The summed E-state index contributed by atoms with van der Waals surface area (Å²) in [5, 5.41) is 6.56. The van der Waals surface area contributed by atoms with Crippen molar-refractivity contribution in [3.8, 4) is 11.1 Å². The summed E-state index contributed by atoms with van der Waals surface area (Å²) in [6.45, 7) is 5.70. The Labute approximate surface area is 182 Å². The molecule has 0 radical (unpaired) electrons. The minimum atomic E-state index is -2.91. The van der Waals surface area contributed by atoms with Crippen LogP contribution in [0.15, 0.2) is 55.5 Å². The zero-order chi connectivity index (χ0) is 23.0. The molecule has 9 heteroatoms. The molecule has 164 valence electrons. The first kappa shape index (κ1) is 24.4. The van der Waals surface area contributed by atoms with Crippen LogP contribution in [0.3, 0.4) is 0 Å². The second-order valence-corrected chi connectivity index (χ2v) is 8.67. The second-order valence-electron chi connectivity index (χ2n) is 6.49. The molecule has 1 N–H and O–H groups in total. The number of hydrogen-bond acceptors (Lipinski definition) is 6. The molecule has 0 aliphatic rings. The van der Waals surface area contributed by atoms with Crippen LogP contribution in [0.4, 0.5) is 0 Å². The minimum Gasteiger partial charge on any atom is -0.300 e. The maximum absolute atomic E-state index is 12.9. The predicted molar refractivity (Wildman–Crippen MR) is 122 cm³/mol. The van der Waals surface area contributed by atoms with Gasteiger partial charge in [0.25, 0.3) is 0 Å². The number of carbonyl (C=O) groups is 1. The molecule has 3 rings (SSSR count). The Morgan fingerprint density at radius 2 is 1.84 bits per heavy atom. The van der Waals surface area contributed by atoms with Gasteiger partial charge in [0.15, 0.2) is 5.78 Å². The molecule has 2 aromatic heterocycles. The first-order valence-electron chi connectivity index (χ1n) is 9.41. The first-order valence-corrected chi connectivity index (χ1v) is 10.9. The number of carbonyl (C=O) groups excluding carboxylic acids is 1. The zero-order valence-corrected chi connectivity index (χ0v) is 19.2. The molecule has 0 saturated carbocycles. The molecule has 31 heavy (non-hydrogen) atoms. The van der Waals surface area contributed by atoms with Crippen LogP contribution in [0.1, 0.15) is 27.2 Å². The number of ketones is 1. The van der Waals surface area contributed by atoms with E-state index in [1.54, 1.807) is 23.2 Å². The van der Waals surface area contributed by atoms with Gasteiger partial charge in [-0.05, 0) is 31.7 Å². The van der Waals surface area contributed by atoms with Gasteiger partial charge in [0.1, 0.15) is 0 Å². The Morgan fingerprint density at radius 3 is 2.32 bits per heavy atom. The van der Waals surface area contributed by atoms with Gasteiger partial charge in [-0.2, -0.15) is 5.10 Å². The summed E-state index contributed by atoms with van der Waals surface area (Å²) in [6, 6.07) is 9.41. The minimum absolute atomic E-state index is 0.0451. The van der Waals surface area contributed by atoms with Crippen LogP contribution in [-0.4, -0.2) is 41.8 Å². The van der Waals surface area contributed by atoms with Crippen molar-refractivity contribution in [3.05, 3.63) is 77.9 Å². The van der Waals surface area contributed by atoms with Crippen molar-refractivity contribution in [2.24, 2.45) is 7.05 Å². The summed E-state index contributed by atoms with van der Waals surface area (Å²) in [7, 11) is 3.09. The van der Waals surface area contributed by atoms with Gasteiger partial charge in [-0.3, -0.25) is 14.5 Å². The van der Waals surface area contributed by atoms with E-state index in [2.05, 4.69) is 30.8 Å². The molecular weight excluding hydrogens is 415 g/mol. The molecule has 0 bridgehead atoms. The van der Waals surface area contributed by atoms with Crippen LogP contribution >= 0.6 is 7.75 Å². The maximum Gasteiger partial charge on any atom is 0.404 e. The van der Waals surface area contributed by atoms with Gasteiger partial charge in [-0.1, -0.05) is 30.8 Å². The van der Waals surface area contributed by atoms with E-state index in [1.807, 2.05) is 50.5 Å². The maximum atomic E-state index is 12.9. The molecule has 0 atom stereocenters. The van der Waals surface area contributed by atoms with Crippen LogP contribution in [-0.2, 0) is 20.7 Å². The summed E-state index contributed by atoms with van der Waals surface area (Å²) in [5.74, 6) is -0.0451. The first-order chi connectivity index (χ1) is 14.8. The van der Waals surface area contributed by atoms with Crippen molar-refractivity contribution in [1.29, 1.82) is 0 Å². The summed E-state index contributed by atoms with van der Waals surface area (Å²) in [5.41, 5.74) is 4.55. The number of nitrogens with zero attached hydrogens (tertiary/aromatic N) is 3. The summed E-state index contributed by atoms with van der Waals surface area (Å²) >= 11 is 0. The highest BCUT2D eigenvalue weighted by atomic mass is 31.2. The highest BCUT2D eigenvalue weighted by Gasteiger charge is 2.17. The molecule has 3 aromatic rings. The summed E-state index contributed by atoms with van der Waals surface area (Å²) < 4.78 is 21.4. The molecule has 2 heterocycles. The van der Waals surface area contributed by atoms with E-state index in [9.17, 15) is 9.36 Å². The number of aromatic nitrogens is 3. The number of hydrogen-bond donors (Lipinski definition) is 1. The summed E-state index contributed by atoms with van der Waals surface area (Å²) in [4.78, 5) is 17.3. The lowest BCUT2D eigenvalue weighted by Gasteiger charge is -2.09. The molecule has 0 fully saturated rings. The standard InChI is InChI=1S/C19H17N3O.C3H10NO3P/c1-4-18-17(19(23)16-8-6-5-7-13(16)2)9-14(10-20-18)15-11-21-22(3)12-15;1-4-8(5,6-2)7-3/h4-12H,1H2,2-3H3;1-3H3,(H,4,5). The fourth-order valence-corrected chi connectivity index (χ4v) is 3.29. The number of rotatable bonds is 7. The van der Waals surface area contributed by atoms with Crippen LogP contribution in [0.2, 0.25) is 0 Å². The number of nitrogens with one attached hydrogen (secondary N) is 1. The van der Waals surface area contributed by atoms with Gasteiger partial charge in [-0.25, -0.2) is 9.65 Å². The van der Waals surface area contributed by atoms with Crippen molar-refractivity contribution in [2.45, 2.75) is 6.92 Å². The Balaban J connectivity index is 0.000000366. The van der Waals surface area contributed by atoms with Gasteiger partial charge >= 0.3 is 7.75 Å². The number of pyridine rings is 1. The second kappa shape index (κ2) is 10.9. The molecule has 8 nitrogen and oxygen atoms in total. The van der Waals surface area contributed by atoms with Gasteiger partial charge in [0, 0.05) is 55.9 Å². The normalized spacial score (nSPS) is 10.9. The summed E-state index contributed by atoms with van der Waals surface area (Å²) in [6.07, 6.45) is 7.00. The Hall–Kier alpha value is -2.90. The van der Waals surface area contributed by atoms with Crippen LogP contribution in [0.25, 0.3) is 17.2 Å². The van der Waals surface area contributed by atoms with Gasteiger partial charge in [0.05, 0.1) is 11.9 Å². The molecule has 0 saturated heterocycles. The van der Waals surface area contributed by atoms with Crippen LogP contribution < -0.4 is 5.09 Å². The average molecular weight is 442 g/mol. The van der Waals surface area contributed by atoms with Crippen molar-refractivity contribution in [3.63, 3.8) is 0 Å². The fraction of sp³-hybridized carbons (Fsp3) is 0.227. The SMILES string of the molecule is C=Cc1ncc(-c2cnn(C)c2)cc1C(=O)c1ccccc1C.CNP(=O)(OC)OC. The lowest BCUT2D eigenvalue weighted by molar-refractivity contribution is 0.103. The molecular formula is C22H27N4O4P. The highest BCUT2D eigenvalue weighted by Crippen LogP contribution is 2.40. The third-order valence-corrected chi connectivity index (χ3v) is 6.05. The largest absolute Gasteiger partial charge is 0.404 e. The smallest absolute Gasteiger partial charge is 0.300 e. The third-order valence-electron chi connectivity index (χ3n) is 4.54. The lowest BCUT2D eigenvalue weighted by atomic mass is 9.96. The van der Waals surface area contributed by atoms with Crippen LogP contribution in [0.5, 0.6) is 0 Å². The van der Waals surface area contributed by atoms with E-state index in [4.69, 9.17) is 0 Å². The van der Waals surface area contributed by atoms with Crippen molar-refractivity contribution < 1.29 is 18.4 Å². The van der Waals surface area contributed by atoms with E-state index >= 15 is 0 Å². The predicted octanol–water partition coefficient (Wildman–Crippen LogP) is 4.27.